The molecule has 0 saturated carbocycles. The maximum atomic E-state index is 6.64. The van der Waals surface area contributed by atoms with Gasteiger partial charge in [-0.3, -0.25) is 9.38 Å². The monoisotopic (exact) mass is 505 g/mol. The molecule has 9 heteroatoms. The van der Waals surface area contributed by atoms with Crippen molar-refractivity contribution in [3.05, 3.63) is 68.5 Å². The minimum Gasteiger partial charge on any atom is -0.496 e. The average Bonchev–Trinajstić information content (AvgIpc) is 3.10. The Balaban J connectivity index is 2.00. The summed E-state index contributed by atoms with van der Waals surface area (Å²) in [7, 11) is 1.65. The highest BCUT2D eigenvalue weighted by Gasteiger charge is 2.26. The van der Waals surface area contributed by atoms with Gasteiger partial charge in [0.2, 0.25) is 0 Å². The summed E-state index contributed by atoms with van der Waals surface area (Å²) >= 11 is 16.6. The number of hydrogen-bond donors (Lipinski definition) is 1. The number of ether oxygens (including phenoxy) is 1. The van der Waals surface area contributed by atoms with E-state index in [1.165, 1.54) is 6.20 Å². The van der Waals surface area contributed by atoms with Gasteiger partial charge in [-0.15, -0.1) is 0 Å². The fourth-order valence-corrected chi connectivity index (χ4v) is 4.66. The second-order valence-electron chi connectivity index (χ2n) is 6.86. The summed E-state index contributed by atoms with van der Waals surface area (Å²) in [5.41, 5.74) is 10.3. The Kier molecular flexibility index (Phi) is 5.61. The number of fused-ring (bicyclic) bond motifs is 1. The molecule has 3 heterocycles. The smallest absolute Gasteiger partial charge is 0.150 e. The van der Waals surface area contributed by atoms with E-state index in [1.807, 2.05) is 32.0 Å². The summed E-state index contributed by atoms with van der Waals surface area (Å²) < 4.78 is 8.24. The summed E-state index contributed by atoms with van der Waals surface area (Å²) in [5, 5.41) is 1.03. The van der Waals surface area contributed by atoms with Crippen LogP contribution in [0.15, 0.2) is 41.4 Å². The number of methoxy groups -OCH3 is 1. The van der Waals surface area contributed by atoms with E-state index in [2.05, 4.69) is 30.9 Å². The lowest BCUT2D eigenvalue weighted by Crippen LogP contribution is -2.08. The van der Waals surface area contributed by atoms with Crippen molar-refractivity contribution < 1.29 is 4.74 Å². The number of nitrogens with zero attached hydrogens (tertiary/aromatic N) is 4. The molecule has 0 saturated heterocycles. The highest BCUT2D eigenvalue weighted by Crippen LogP contribution is 2.44. The minimum absolute atomic E-state index is 0.216. The van der Waals surface area contributed by atoms with E-state index >= 15 is 0 Å². The van der Waals surface area contributed by atoms with E-state index in [0.717, 1.165) is 22.3 Å². The van der Waals surface area contributed by atoms with Crippen LogP contribution in [0.2, 0.25) is 10.2 Å². The zero-order valence-electron chi connectivity index (χ0n) is 16.4. The minimum atomic E-state index is -0.216. The lowest BCUT2D eigenvalue weighted by atomic mass is 9.91. The quantitative estimate of drug-likeness (QED) is 0.372. The van der Waals surface area contributed by atoms with Crippen LogP contribution in [-0.4, -0.2) is 26.5 Å². The van der Waals surface area contributed by atoms with Gasteiger partial charge in [-0.2, -0.15) is 0 Å². The summed E-state index contributed by atoms with van der Waals surface area (Å²) in [4.78, 5) is 13.1. The van der Waals surface area contributed by atoms with Crippen LogP contribution < -0.4 is 10.5 Å². The standard InChI is InChI=1S/C21H18BrCl2N5O/c1-10(21-28-19(22)17-20(25)27-9-15(24)29(17)21)13-7-14(23)11(2)16(18(13)30-3)12-5-4-6-26-8-12/h4-10H,1-3H3,(H2,25,27). The van der Waals surface area contributed by atoms with Crippen molar-refractivity contribution in [1.82, 2.24) is 19.4 Å². The first kappa shape index (κ1) is 20.9. The molecule has 0 aliphatic heterocycles. The van der Waals surface area contributed by atoms with E-state index in [0.29, 0.717) is 37.7 Å². The Hall–Kier alpha value is -2.35. The number of benzene rings is 1. The van der Waals surface area contributed by atoms with Gasteiger partial charge in [0.15, 0.2) is 5.82 Å². The van der Waals surface area contributed by atoms with Crippen molar-refractivity contribution in [2.24, 2.45) is 0 Å². The molecule has 1 atom stereocenters. The third-order valence-corrected chi connectivity index (χ3v) is 6.35. The van der Waals surface area contributed by atoms with E-state index in [1.54, 1.807) is 23.9 Å². The van der Waals surface area contributed by atoms with Crippen LogP contribution >= 0.6 is 39.1 Å². The fraction of sp³-hybridized carbons (Fsp3) is 0.190. The van der Waals surface area contributed by atoms with Crippen LogP contribution in [-0.2, 0) is 0 Å². The Morgan fingerprint density at radius 2 is 2.03 bits per heavy atom. The molecule has 1 unspecified atom stereocenters. The van der Waals surface area contributed by atoms with Gasteiger partial charge < -0.3 is 10.5 Å². The molecule has 6 nitrogen and oxygen atoms in total. The summed E-state index contributed by atoms with van der Waals surface area (Å²) in [6.45, 7) is 3.98. The van der Waals surface area contributed by atoms with Crippen LogP contribution in [0.1, 0.15) is 29.8 Å². The molecule has 4 rings (SSSR count). The zero-order chi connectivity index (χ0) is 21.6. The van der Waals surface area contributed by atoms with Crippen LogP contribution in [0.3, 0.4) is 0 Å². The molecular formula is C21H18BrCl2N5O. The van der Waals surface area contributed by atoms with Gasteiger partial charge in [-0.05, 0) is 40.5 Å². The normalized spacial score (nSPS) is 12.3. The maximum absolute atomic E-state index is 6.64. The Morgan fingerprint density at radius 1 is 1.27 bits per heavy atom. The Bertz CT molecular complexity index is 1260. The molecule has 154 valence electrons. The molecule has 0 aliphatic carbocycles. The number of pyridine rings is 1. The number of halogens is 3. The van der Waals surface area contributed by atoms with E-state index < -0.39 is 0 Å². The molecule has 0 radical (unpaired) electrons. The number of rotatable bonds is 4. The molecule has 0 bridgehead atoms. The first-order chi connectivity index (χ1) is 14.3. The first-order valence-electron chi connectivity index (χ1n) is 9.10. The third-order valence-electron chi connectivity index (χ3n) is 5.14. The SMILES string of the molecule is COc1c(C(C)c2nc(Br)c3c(N)ncc(Cl)n23)cc(Cl)c(C)c1-c1cccnc1. The summed E-state index contributed by atoms with van der Waals surface area (Å²) in [5.74, 6) is 1.52. The molecular weight excluding hydrogens is 489 g/mol. The van der Waals surface area contributed by atoms with E-state index in [9.17, 15) is 0 Å². The Morgan fingerprint density at radius 3 is 2.70 bits per heavy atom. The number of nitrogens with two attached hydrogens (primary N) is 1. The second-order valence-corrected chi connectivity index (χ2v) is 8.40. The topological polar surface area (TPSA) is 78.3 Å². The highest BCUT2D eigenvalue weighted by molar-refractivity contribution is 9.10. The van der Waals surface area contributed by atoms with Gasteiger partial charge in [0, 0.05) is 40.0 Å². The van der Waals surface area contributed by atoms with Crippen LogP contribution in [0.4, 0.5) is 5.82 Å². The largest absolute Gasteiger partial charge is 0.496 e. The average molecular weight is 507 g/mol. The highest BCUT2D eigenvalue weighted by atomic mass is 79.9. The van der Waals surface area contributed by atoms with Crippen molar-refractivity contribution >= 4 is 50.5 Å². The maximum Gasteiger partial charge on any atom is 0.150 e. The third kappa shape index (κ3) is 3.31. The van der Waals surface area contributed by atoms with Gasteiger partial charge >= 0.3 is 0 Å². The lowest BCUT2D eigenvalue weighted by molar-refractivity contribution is 0.409. The summed E-state index contributed by atoms with van der Waals surface area (Å²) in [6, 6.07) is 5.77. The van der Waals surface area contributed by atoms with Crippen molar-refractivity contribution in [1.29, 1.82) is 0 Å². The first-order valence-corrected chi connectivity index (χ1v) is 10.6. The van der Waals surface area contributed by atoms with Crippen molar-refractivity contribution in [3.8, 4) is 16.9 Å². The predicted molar refractivity (Wildman–Crippen MR) is 124 cm³/mol. The predicted octanol–water partition coefficient (Wildman–Crippen LogP) is 5.91. The van der Waals surface area contributed by atoms with Crippen molar-refractivity contribution in [2.75, 3.05) is 12.8 Å². The lowest BCUT2D eigenvalue weighted by Gasteiger charge is -2.21. The molecule has 0 fully saturated rings. The molecule has 1 aromatic carbocycles. The number of imidazole rings is 1. The van der Waals surface area contributed by atoms with E-state index in [-0.39, 0.29) is 5.92 Å². The number of aromatic nitrogens is 4. The van der Waals surface area contributed by atoms with Gasteiger partial charge in [0.25, 0.3) is 0 Å². The molecule has 2 N–H and O–H groups in total. The van der Waals surface area contributed by atoms with Crippen molar-refractivity contribution in [2.45, 2.75) is 19.8 Å². The molecule has 4 aromatic rings. The molecule has 30 heavy (non-hydrogen) atoms. The molecule has 0 amide bonds. The van der Waals surface area contributed by atoms with Crippen LogP contribution in [0.25, 0.3) is 16.6 Å². The molecule has 3 aromatic heterocycles. The number of hydrogen-bond acceptors (Lipinski definition) is 5. The van der Waals surface area contributed by atoms with Crippen LogP contribution in [0.5, 0.6) is 5.75 Å². The zero-order valence-corrected chi connectivity index (χ0v) is 19.5. The van der Waals surface area contributed by atoms with Gasteiger partial charge in [-0.25, -0.2) is 9.97 Å². The fourth-order valence-electron chi connectivity index (χ4n) is 3.66. The van der Waals surface area contributed by atoms with E-state index in [4.69, 9.17) is 33.7 Å². The second kappa shape index (κ2) is 8.06. The molecule has 0 spiro atoms. The molecule has 0 aliphatic rings. The van der Waals surface area contributed by atoms with Crippen molar-refractivity contribution in [3.63, 3.8) is 0 Å². The van der Waals surface area contributed by atoms with Gasteiger partial charge in [0.1, 0.15) is 26.8 Å². The number of nitrogen functional groups attached to an aromatic ring is 1. The number of anilines is 1. The summed E-state index contributed by atoms with van der Waals surface area (Å²) in [6.07, 6.45) is 5.03. The Labute approximate surface area is 192 Å². The van der Waals surface area contributed by atoms with Gasteiger partial charge in [0.05, 0.1) is 13.3 Å². The van der Waals surface area contributed by atoms with Gasteiger partial charge in [-0.1, -0.05) is 36.2 Å². The van der Waals surface area contributed by atoms with Crippen LogP contribution in [0, 0.1) is 6.92 Å².